The van der Waals surface area contributed by atoms with E-state index in [1.807, 2.05) is 67.1 Å². The highest BCUT2D eigenvalue weighted by Gasteiger charge is 2.23. The molecule has 5 heteroatoms. The molecule has 0 aliphatic heterocycles. The van der Waals surface area contributed by atoms with Gasteiger partial charge in [-0.1, -0.05) is 48.5 Å². The summed E-state index contributed by atoms with van der Waals surface area (Å²) in [5, 5.41) is 6.62. The number of benzene rings is 3. The topological polar surface area (TPSA) is 59.0 Å². The van der Waals surface area contributed by atoms with Crippen molar-refractivity contribution in [1.29, 1.82) is 0 Å². The van der Waals surface area contributed by atoms with Crippen LogP contribution in [0.5, 0.6) is 0 Å². The lowest BCUT2D eigenvalue weighted by molar-refractivity contribution is -0.118. The molecule has 162 valence electrons. The van der Waals surface area contributed by atoms with Gasteiger partial charge < -0.3 is 9.88 Å². The molecule has 1 amide bonds. The summed E-state index contributed by atoms with van der Waals surface area (Å²) in [4.78, 5) is 17.4. The molecule has 3 aromatic carbocycles. The molecule has 1 aromatic heterocycles. The second kappa shape index (κ2) is 9.62. The Bertz CT molecular complexity index is 1150. The number of anilines is 1. The first kappa shape index (κ1) is 21.5. The third-order valence-corrected chi connectivity index (χ3v) is 5.50. The van der Waals surface area contributed by atoms with Crippen LogP contribution in [0.4, 0.5) is 5.69 Å². The van der Waals surface area contributed by atoms with E-state index in [4.69, 9.17) is 0 Å². The quantitative estimate of drug-likeness (QED) is 0.411. The van der Waals surface area contributed by atoms with Crippen LogP contribution in [0.15, 0.2) is 91.5 Å². The highest BCUT2D eigenvalue weighted by molar-refractivity contribution is 5.95. The zero-order valence-electron chi connectivity index (χ0n) is 18.6. The Morgan fingerprint density at radius 3 is 2.22 bits per heavy atom. The van der Waals surface area contributed by atoms with Crippen LogP contribution in [0, 0.1) is 13.8 Å². The van der Waals surface area contributed by atoms with Crippen molar-refractivity contribution >= 4 is 11.6 Å². The molecule has 0 saturated carbocycles. The molecular formula is C27H28N4O. The Kier molecular flexibility index (Phi) is 6.47. The predicted molar refractivity (Wildman–Crippen MR) is 129 cm³/mol. The first-order chi connectivity index (χ1) is 15.5. The molecule has 4 rings (SSSR count). The van der Waals surface area contributed by atoms with Crippen molar-refractivity contribution in [3.8, 4) is 5.69 Å². The van der Waals surface area contributed by atoms with Gasteiger partial charge in [0.05, 0.1) is 6.33 Å². The fraction of sp³-hybridized carbons (Fsp3) is 0.185. The van der Waals surface area contributed by atoms with Gasteiger partial charge in [-0.3, -0.25) is 10.1 Å². The van der Waals surface area contributed by atoms with Crippen molar-refractivity contribution in [3.05, 3.63) is 114 Å². The van der Waals surface area contributed by atoms with Gasteiger partial charge in [-0.25, -0.2) is 4.98 Å². The summed E-state index contributed by atoms with van der Waals surface area (Å²) in [5.41, 5.74) is 6.13. The molecule has 0 aliphatic carbocycles. The molecule has 0 radical (unpaired) electrons. The fourth-order valence-electron chi connectivity index (χ4n) is 3.92. The molecular weight excluding hydrogens is 396 g/mol. The van der Waals surface area contributed by atoms with Crippen LogP contribution in [0.2, 0.25) is 0 Å². The van der Waals surface area contributed by atoms with Crippen LogP contribution in [0.3, 0.4) is 0 Å². The zero-order valence-corrected chi connectivity index (χ0v) is 18.6. The van der Waals surface area contributed by atoms with Crippen LogP contribution in [-0.2, 0) is 4.79 Å². The van der Waals surface area contributed by atoms with Crippen molar-refractivity contribution in [2.75, 3.05) is 5.32 Å². The number of rotatable bonds is 7. The smallest absolute Gasteiger partial charge is 0.246 e. The van der Waals surface area contributed by atoms with Crippen molar-refractivity contribution in [2.45, 2.75) is 32.9 Å². The number of amides is 1. The zero-order chi connectivity index (χ0) is 22.5. The summed E-state index contributed by atoms with van der Waals surface area (Å²) >= 11 is 0. The number of nitrogens with zero attached hydrogens (tertiary/aromatic N) is 2. The van der Waals surface area contributed by atoms with Crippen molar-refractivity contribution in [1.82, 2.24) is 14.9 Å². The third kappa shape index (κ3) is 5.13. The minimum absolute atomic E-state index is 0.0259. The molecule has 1 heterocycles. The summed E-state index contributed by atoms with van der Waals surface area (Å²) in [6, 6.07) is 23.7. The van der Waals surface area contributed by atoms with E-state index < -0.39 is 6.04 Å². The standard InChI is InChI=1S/C27H28N4O/c1-19-15-20(2)17-24(16-19)30-27(32)26(23-7-5-4-6-8-23)29-21(3)22-9-11-25(12-10-22)31-14-13-28-18-31/h4-18,21,26,29H,1-3H3,(H,30,32)/t21-,26+/m1/s1. The maximum atomic E-state index is 13.3. The number of hydrogen-bond acceptors (Lipinski definition) is 3. The highest BCUT2D eigenvalue weighted by atomic mass is 16.2. The van der Waals surface area contributed by atoms with Gasteiger partial charge in [-0.2, -0.15) is 0 Å². The maximum absolute atomic E-state index is 13.3. The van der Waals surface area contributed by atoms with Gasteiger partial charge in [-0.15, -0.1) is 0 Å². The molecule has 0 fully saturated rings. The van der Waals surface area contributed by atoms with E-state index >= 15 is 0 Å². The molecule has 5 nitrogen and oxygen atoms in total. The fourth-order valence-corrected chi connectivity index (χ4v) is 3.92. The molecule has 2 N–H and O–H groups in total. The lowest BCUT2D eigenvalue weighted by atomic mass is 10.0. The lowest BCUT2D eigenvalue weighted by Gasteiger charge is -2.24. The van der Waals surface area contributed by atoms with Crippen LogP contribution in [0.1, 0.15) is 41.3 Å². The average Bonchev–Trinajstić information content (AvgIpc) is 3.32. The van der Waals surface area contributed by atoms with Crippen molar-refractivity contribution < 1.29 is 4.79 Å². The molecule has 0 bridgehead atoms. The first-order valence-electron chi connectivity index (χ1n) is 10.8. The largest absolute Gasteiger partial charge is 0.324 e. The van der Waals surface area contributed by atoms with Crippen LogP contribution in [-0.4, -0.2) is 15.5 Å². The van der Waals surface area contributed by atoms with Crippen molar-refractivity contribution in [2.24, 2.45) is 0 Å². The van der Waals surface area contributed by atoms with Gasteiger partial charge >= 0.3 is 0 Å². The predicted octanol–water partition coefficient (Wildman–Crippen LogP) is 5.52. The molecule has 32 heavy (non-hydrogen) atoms. The third-order valence-electron chi connectivity index (χ3n) is 5.50. The number of aromatic nitrogens is 2. The number of imidazole rings is 1. The molecule has 0 unspecified atom stereocenters. The monoisotopic (exact) mass is 424 g/mol. The lowest BCUT2D eigenvalue weighted by Crippen LogP contribution is -2.34. The summed E-state index contributed by atoms with van der Waals surface area (Å²) in [6.45, 7) is 6.14. The summed E-state index contributed by atoms with van der Waals surface area (Å²) in [6.07, 6.45) is 5.45. The molecule has 4 aromatic rings. The van der Waals surface area contributed by atoms with Crippen LogP contribution in [0.25, 0.3) is 5.69 Å². The molecule has 0 aliphatic rings. The van der Waals surface area contributed by atoms with E-state index in [-0.39, 0.29) is 11.9 Å². The van der Waals surface area contributed by atoms with Gasteiger partial charge in [-0.05, 0) is 67.3 Å². The summed E-state index contributed by atoms with van der Waals surface area (Å²) < 4.78 is 1.96. The SMILES string of the molecule is Cc1cc(C)cc(NC(=O)[C@@H](N[C@H](C)c2ccc(-n3ccnc3)cc2)c2ccccc2)c1. The highest BCUT2D eigenvalue weighted by Crippen LogP contribution is 2.23. The van der Waals surface area contributed by atoms with Gasteiger partial charge in [0.25, 0.3) is 0 Å². The minimum Gasteiger partial charge on any atom is -0.324 e. The molecule has 2 atom stereocenters. The van der Waals surface area contributed by atoms with Gasteiger partial charge in [0.1, 0.15) is 6.04 Å². The average molecular weight is 425 g/mol. The van der Waals surface area contributed by atoms with E-state index in [1.54, 1.807) is 12.5 Å². The number of carbonyl (C=O) groups excluding carboxylic acids is 1. The first-order valence-corrected chi connectivity index (χ1v) is 10.8. The normalized spacial score (nSPS) is 12.8. The van der Waals surface area contributed by atoms with E-state index in [2.05, 4.69) is 52.9 Å². The van der Waals surface area contributed by atoms with E-state index in [0.717, 1.165) is 33.6 Å². The molecule has 0 spiro atoms. The van der Waals surface area contributed by atoms with Crippen molar-refractivity contribution in [3.63, 3.8) is 0 Å². The number of carbonyl (C=O) groups is 1. The minimum atomic E-state index is -0.486. The summed E-state index contributed by atoms with van der Waals surface area (Å²) in [5.74, 6) is -0.0805. The van der Waals surface area contributed by atoms with Crippen LogP contribution >= 0.6 is 0 Å². The van der Waals surface area contributed by atoms with E-state index in [1.165, 1.54) is 0 Å². The van der Waals surface area contributed by atoms with Gasteiger partial charge in [0, 0.05) is 29.8 Å². The Hall–Kier alpha value is -3.70. The van der Waals surface area contributed by atoms with E-state index in [0.29, 0.717) is 0 Å². The second-order valence-electron chi connectivity index (χ2n) is 8.16. The van der Waals surface area contributed by atoms with Crippen LogP contribution < -0.4 is 10.6 Å². The maximum Gasteiger partial charge on any atom is 0.246 e. The number of aryl methyl sites for hydroxylation is 2. The molecule has 0 saturated heterocycles. The summed E-state index contributed by atoms with van der Waals surface area (Å²) in [7, 11) is 0. The Labute approximate surface area is 189 Å². The Balaban J connectivity index is 1.54. The van der Waals surface area contributed by atoms with Gasteiger partial charge in [0.2, 0.25) is 5.91 Å². The number of nitrogens with one attached hydrogen (secondary N) is 2. The van der Waals surface area contributed by atoms with Gasteiger partial charge in [0.15, 0.2) is 0 Å². The Morgan fingerprint density at radius 2 is 1.59 bits per heavy atom. The number of hydrogen-bond donors (Lipinski definition) is 2. The Morgan fingerprint density at radius 1 is 0.906 bits per heavy atom. The van der Waals surface area contributed by atoms with E-state index in [9.17, 15) is 4.79 Å². The second-order valence-corrected chi connectivity index (χ2v) is 8.16.